The maximum Gasteiger partial charge on any atom is 0.251 e. The summed E-state index contributed by atoms with van der Waals surface area (Å²) in [7, 11) is 0. The number of hydrogen-bond donors (Lipinski definition) is 5. The Morgan fingerprint density at radius 1 is 1.13 bits per heavy atom. The Morgan fingerprint density at radius 2 is 1.83 bits per heavy atom. The predicted octanol–water partition coefficient (Wildman–Crippen LogP) is 1.18. The van der Waals surface area contributed by atoms with Crippen LogP contribution in [0, 0.1) is 12.7 Å². The zero-order chi connectivity index (χ0) is 16.2. The van der Waals surface area contributed by atoms with E-state index in [9.17, 15) is 9.18 Å². The molecule has 120 valence electrons. The fourth-order valence-electron chi connectivity index (χ4n) is 2.35. The van der Waals surface area contributed by atoms with Crippen LogP contribution in [0.2, 0.25) is 0 Å². The molecule has 0 spiro atoms. The number of nitrogens with one attached hydrogen (secondary N) is 5. The lowest BCUT2D eigenvalue weighted by atomic mass is 10.1. The van der Waals surface area contributed by atoms with E-state index in [1.807, 2.05) is 12.1 Å². The van der Waals surface area contributed by atoms with E-state index in [0.29, 0.717) is 17.7 Å². The Balaban J connectivity index is 1.60. The number of hydrogen-bond acceptors (Lipinski definition) is 5. The van der Waals surface area contributed by atoms with Crippen molar-refractivity contribution in [1.29, 1.82) is 0 Å². The molecular weight excluding hydrogens is 297 g/mol. The van der Waals surface area contributed by atoms with Crippen molar-refractivity contribution >= 4 is 5.91 Å². The minimum Gasteiger partial charge on any atom is -0.348 e. The molecule has 7 heteroatoms. The van der Waals surface area contributed by atoms with Crippen LogP contribution in [0.15, 0.2) is 42.5 Å². The minimum absolute atomic E-state index is 0.0608. The number of carbonyl (C=O) groups excluding carboxylic acids is 1. The second-order valence-corrected chi connectivity index (χ2v) is 5.36. The molecule has 1 saturated heterocycles. The average Bonchev–Trinajstić information content (AvgIpc) is 3.10. The maximum absolute atomic E-state index is 13.2. The molecular formula is C16H18FN5O. The molecule has 0 aliphatic carbocycles. The first-order chi connectivity index (χ1) is 11.1. The van der Waals surface area contributed by atoms with Crippen molar-refractivity contribution in [3.63, 3.8) is 0 Å². The zero-order valence-corrected chi connectivity index (χ0v) is 12.6. The van der Waals surface area contributed by atoms with Crippen molar-refractivity contribution in [3.05, 3.63) is 70.5 Å². The van der Waals surface area contributed by atoms with E-state index in [-0.39, 0.29) is 17.9 Å². The summed E-state index contributed by atoms with van der Waals surface area (Å²) in [5.74, 6) is -0.407. The van der Waals surface area contributed by atoms with Crippen molar-refractivity contribution in [3.8, 4) is 0 Å². The van der Waals surface area contributed by atoms with Crippen LogP contribution in [0.25, 0.3) is 0 Å². The van der Waals surface area contributed by atoms with Crippen LogP contribution in [0.5, 0.6) is 0 Å². The third kappa shape index (κ3) is 3.72. The van der Waals surface area contributed by atoms with Crippen LogP contribution in [0.3, 0.4) is 0 Å². The van der Waals surface area contributed by atoms with Gasteiger partial charge in [-0.05, 0) is 41.8 Å². The molecule has 0 atom stereocenters. The van der Waals surface area contributed by atoms with Crippen LogP contribution in [0.1, 0.15) is 33.2 Å². The highest BCUT2D eigenvalue weighted by atomic mass is 19.1. The van der Waals surface area contributed by atoms with E-state index >= 15 is 0 Å². The molecule has 5 N–H and O–H groups in total. The molecule has 0 aromatic heterocycles. The fourth-order valence-corrected chi connectivity index (χ4v) is 2.35. The van der Waals surface area contributed by atoms with Crippen molar-refractivity contribution < 1.29 is 9.18 Å². The Kier molecular flexibility index (Phi) is 4.63. The van der Waals surface area contributed by atoms with Crippen molar-refractivity contribution in [2.24, 2.45) is 0 Å². The first-order valence-corrected chi connectivity index (χ1v) is 7.28. The molecule has 1 amide bonds. The summed E-state index contributed by atoms with van der Waals surface area (Å²) in [5, 5.41) is 2.83. The van der Waals surface area contributed by atoms with E-state index in [1.165, 1.54) is 6.07 Å². The van der Waals surface area contributed by atoms with Crippen LogP contribution >= 0.6 is 0 Å². The molecule has 0 radical (unpaired) electrons. The van der Waals surface area contributed by atoms with Gasteiger partial charge in [-0.3, -0.25) is 4.79 Å². The highest BCUT2D eigenvalue weighted by Gasteiger charge is 2.15. The normalized spacial score (nSPS) is 14.9. The van der Waals surface area contributed by atoms with Gasteiger partial charge in [0, 0.05) is 12.1 Å². The Labute approximate surface area is 133 Å². The van der Waals surface area contributed by atoms with Crippen molar-refractivity contribution in [1.82, 2.24) is 27.2 Å². The molecule has 1 fully saturated rings. The summed E-state index contributed by atoms with van der Waals surface area (Å²) in [6, 6.07) is 12.1. The van der Waals surface area contributed by atoms with Gasteiger partial charge in [0.25, 0.3) is 5.91 Å². The van der Waals surface area contributed by atoms with Crippen LogP contribution in [-0.2, 0) is 6.54 Å². The largest absolute Gasteiger partial charge is 0.348 e. The first kappa shape index (κ1) is 15.6. The SMILES string of the molecule is Cc1cc(CNC(=O)c2ccc(C3NNNN3)cc2)ccc1F. The van der Waals surface area contributed by atoms with Gasteiger partial charge < -0.3 is 5.32 Å². The molecule has 0 saturated carbocycles. The highest BCUT2D eigenvalue weighted by molar-refractivity contribution is 5.94. The predicted molar refractivity (Wildman–Crippen MR) is 84.0 cm³/mol. The minimum atomic E-state index is -0.242. The molecule has 1 aliphatic rings. The van der Waals surface area contributed by atoms with Crippen LogP contribution in [0.4, 0.5) is 4.39 Å². The number of carbonyl (C=O) groups is 1. The summed E-state index contributed by atoms with van der Waals surface area (Å²) in [5.41, 5.74) is 14.4. The molecule has 2 aromatic carbocycles. The average molecular weight is 315 g/mol. The second kappa shape index (κ2) is 6.84. The maximum atomic E-state index is 13.2. The number of hydrazine groups is 3. The van der Waals surface area contributed by atoms with Gasteiger partial charge >= 0.3 is 0 Å². The lowest BCUT2D eigenvalue weighted by Gasteiger charge is -2.10. The molecule has 1 heterocycles. The Morgan fingerprint density at radius 3 is 2.48 bits per heavy atom. The zero-order valence-electron chi connectivity index (χ0n) is 12.6. The number of aryl methyl sites for hydroxylation is 1. The van der Waals surface area contributed by atoms with E-state index < -0.39 is 0 Å². The molecule has 6 nitrogen and oxygen atoms in total. The Bertz CT molecular complexity index is 698. The van der Waals surface area contributed by atoms with Gasteiger partial charge in [-0.15, -0.1) is 0 Å². The van der Waals surface area contributed by atoms with Gasteiger partial charge in [0.2, 0.25) is 0 Å². The first-order valence-electron chi connectivity index (χ1n) is 7.28. The number of amides is 1. The van der Waals surface area contributed by atoms with E-state index in [2.05, 4.69) is 27.2 Å². The molecule has 3 rings (SSSR count). The third-order valence-electron chi connectivity index (χ3n) is 3.68. The van der Waals surface area contributed by atoms with Gasteiger partial charge in [-0.1, -0.05) is 24.3 Å². The van der Waals surface area contributed by atoms with E-state index in [4.69, 9.17) is 0 Å². The van der Waals surface area contributed by atoms with Gasteiger partial charge in [0.1, 0.15) is 12.0 Å². The highest BCUT2D eigenvalue weighted by Crippen LogP contribution is 2.12. The van der Waals surface area contributed by atoms with E-state index in [1.54, 1.807) is 31.2 Å². The molecule has 23 heavy (non-hydrogen) atoms. The van der Waals surface area contributed by atoms with E-state index in [0.717, 1.165) is 11.1 Å². The summed E-state index contributed by atoms with van der Waals surface area (Å²) in [6.07, 6.45) is -0.0608. The Hall–Kier alpha value is -2.32. The third-order valence-corrected chi connectivity index (χ3v) is 3.68. The summed E-state index contributed by atoms with van der Waals surface area (Å²) in [6.45, 7) is 2.06. The van der Waals surface area contributed by atoms with Gasteiger partial charge in [0.15, 0.2) is 0 Å². The lowest BCUT2D eigenvalue weighted by Crippen LogP contribution is -2.33. The smallest absolute Gasteiger partial charge is 0.251 e. The van der Waals surface area contributed by atoms with Gasteiger partial charge in [-0.2, -0.15) is 11.1 Å². The van der Waals surface area contributed by atoms with Crippen LogP contribution in [-0.4, -0.2) is 5.91 Å². The summed E-state index contributed by atoms with van der Waals surface area (Å²) in [4.78, 5) is 12.2. The number of benzene rings is 2. The number of halogens is 1. The monoisotopic (exact) mass is 315 g/mol. The molecule has 0 bridgehead atoms. The van der Waals surface area contributed by atoms with Crippen molar-refractivity contribution in [2.75, 3.05) is 0 Å². The summed E-state index contributed by atoms with van der Waals surface area (Å²) < 4.78 is 13.2. The molecule has 2 aromatic rings. The fraction of sp³-hybridized carbons (Fsp3) is 0.188. The van der Waals surface area contributed by atoms with Gasteiger partial charge in [-0.25, -0.2) is 15.2 Å². The lowest BCUT2D eigenvalue weighted by molar-refractivity contribution is 0.0951. The standard InChI is InChI=1S/C16H18FN5O/c1-10-8-11(2-7-14(10)17)9-18-16(23)13-5-3-12(4-6-13)15-19-21-22-20-15/h2-8,15,19-22H,9H2,1H3,(H,18,23). The number of rotatable bonds is 4. The summed E-state index contributed by atoms with van der Waals surface area (Å²) >= 11 is 0. The molecule has 1 aliphatic heterocycles. The molecule has 0 unspecified atom stereocenters. The topological polar surface area (TPSA) is 77.2 Å². The van der Waals surface area contributed by atoms with Crippen LogP contribution < -0.4 is 27.2 Å². The second-order valence-electron chi connectivity index (χ2n) is 5.36. The quantitative estimate of drug-likeness (QED) is 0.586. The van der Waals surface area contributed by atoms with Crippen molar-refractivity contribution in [2.45, 2.75) is 19.6 Å². The van der Waals surface area contributed by atoms with Gasteiger partial charge in [0.05, 0.1) is 0 Å².